The third-order valence-electron chi connectivity index (χ3n) is 5.68. The molecule has 0 spiro atoms. The molecular weight excluding hydrogens is 356 g/mol. The zero-order valence-corrected chi connectivity index (χ0v) is 17.3. The van der Waals surface area contributed by atoms with Crippen LogP contribution in [0.1, 0.15) is 57.6 Å². The number of carbonyl (C=O) groups excluding carboxylic acids is 1. The molecule has 0 N–H and O–H groups in total. The van der Waals surface area contributed by atoms with Gasteiger partial charge in [0.1, 0.15) is 6.29 Å². The van der Waals surface area contributed by atoms with E-state index in [2.05, 4.69) is 6.92 Å². The first-order valence-electron chi connectivity index (χ1n) is 9.73. The van der Waals surface area contributed by atoms with Gasteiger partial charge in [0.15, 0.2) is 9.84 Å². The lowest BCUT2D eigenvalue weighted by Crippen LogP contribution is -2.40. The van der Waals surface area contributed by atoms with Gasteiger partial charge in [0, 0.05) is 5.41 Å². The van der Waals surface area contributed by atoms with E-state index in [0.717, 1.165) is 30.3 Å². The van der Waals surface area contributed by atoms with Crippen molar-refractivity contribution in [1.29, 1.82) is 0 Å². The molecule has 0 fully saturated rings. The van der Waals surface area contributed by atoms with Crippen LogP contribution in [0.5, 0.6) is 0 Å². The number of hydrogen-bond donors (Lipinski definition) is 0. The van der Waals surface area contributed by atoms with Crippen LogP contribution in [0, 0.1) is 5.41 Å². The summed E-state index contributed by atoms with van der Waals surface area (Å²) in [6.07, 6.45) is 4.34. The molecule has 0 radical (unpaired) electrons. The topological polar surface area (TPSA) is 51.2 Å². The molecule has 0 saturated carbocycles. The summed E-state index contributed by atoms with van der Waals surface area (Å²) in [5.41, 5.74) is 1.01. The van der Waals surface area contributed by atoms with E-state index in [1.165, 1.54) is 0 Å². The van der Waals surface area contributed by atoms with Crippen molar-refractivity contribution in [2.24, 2.45) is 5.41 Å². The number of unbranched alkanes of at least 4 members (excludes halogenated alkanes) is 1. The lowest BCUT2D eigenvalue weighted by Gasteiger charge is -2.33. The smallest absolute Gasteiger partial charge is 0.182 e. The van der Waals surface area contributed by atoms with Crippen LogP contribution >= 0.6 is 0 Å². The Kier molecular flexibility index (Phi) is 7.37. The van der Waals surface area contributed by atoms with Crippen LogP contribution in [0.15, 0.2) is 59.5 Å². The second-order valence-electron chi connectivity index (χ2n) is 7.27. The molecule has 3 nitrogen and oxygen atoms in total. The Morgan fingerprint density at radius 1 is 1.00 bits per heavy atom. The minimum atomic E-state index is -3.63. The summed E-state index contributed by atoms with van der Waals surface area (Å²) in [5.74, 6) is 0. The van der Waals surface area contributed by atoms with Gasteiger partial charge in [0.05, 0.1) is 10.1 Å². The van der Waals surface area contributed by atoms with Gasteiger partial charge in [-0.25, -0.2) is 8.42 Å². The fourth-order valence-electron chi connectivity index (χ4n) is 3.65. The maximum atomic E-state index is 13.5. The molecule has 2 aromatic carbocycles. The quantitative estimate of drug-likeness (QED) is 0.526. The molecule has 2 unspecified atom stereocenters. The molecule has 0 amide bonds. The fourth-order valence-corrected chi connectivity index (χ4v) is 5.77. The van der Waals surface area contributed by atoms with Crippen LogP contribution in [0.2, 0.25) is 0 Å². The Morgan fingerprint density at radius 3 is 2.22 bits per heavy atom. The van der Waals surface area contributed by atoms with Crippen molar-refractivity contribution in [3.63, 3.8) is 0 Å². The average Bonchev–Trinajstić information content (AvgIpc) is 2.70. The SMILES string of the molecule is CCCCC(C=O)(CC)C(C)S(=O)(=O)c1ccccc1Cc1ccccc1. The van der Waals surface area contributed by atoms with Crippen molar-refractivity contribution in [3.05, 3.63) is 65.7 Å². The monoisotopic (exact) mass is 386 g/mol. The van der Waals surface area contributed by atoms with Crippen LogP contribution in [0.25, 0.3) is 0 Å². The molecule has 2 rings (SSSR count). The van der Waals surface area contributed by atoms with E-state index in [9.17, 15) is 13.2 Å². The van der Waals surface area contributed by atoms with Gasteiger partial charge in [-0.15, -0.1) is 0 Å². The first-order chi connectivity index (χ1) is 12.9. The van der Waals surface area contributed by atoms with Gasteiger partial charge in [-0.05, 0) is 43.4 Å². The van der Waals surface area contributed by atoms with Gasteiger partial charge >= 0.3 is 0 Å². The third kappa shape index (κ3) is 4.67. The fraction of sp³-hybridized carbons (Fsp3) is 0.435. The lowest BCUT2D eigenvalue weighted by atomic mass is 9.79. The highest BCUT2D eigenvalue weighted by Crippen LogP contribution is 2.38. The maximum absolute atomic E-state index is 13.5. The van der Waals surface area contributed by atoms with Crippen LogP contribution < -0.4 is 0 Å². The van der Waals surface area contributed by atoms with Gasteiger partial charge in [-0.1, -0.05) is 75.2 Å². The number of aldehydes is 1. The van der Waals surface area contributed by atoms with E-state index in [1.54, 1.807) is 19.1 Å². The number of sulfone groups is 1. The highest BCUT2D eigenvalue weighted by Gasteiger charge is 2.42. The van der Waals surface area contributed by atoms with Crippen LogP contribution in [0.3, 0.4) is 0 Å². The molecule has 0 bridgehead atoms. The van der Waals surface area contributed by atoms with Crippen molar-refractivity contribution in [2.45, 2.75) is 63.0 Å². The summed E-state index contributed by atoms with van der Waals surface area (Å²) in [6, 6.07) is 17.0. The largest absolute Gasteiger partial charge is 0.303 e. The number of benzene rings is 2. The number of carbonyl (C=O) groups is 1. The van der Waals surface area contributed by atoms with E-state index in [1.807, 2.05) is 49.4 Å². The Hall–Kier alpha value is -1.94. The van der Waals surface area contributed by atoms with Gasteiger partial charge < -0.3 is 4.79 Å². The van der Waals surface area contributed by atoms with Crippen LogP contribution in [-0.2, 0) is 21.1 Å². The molecule has 0 saturated heterocycles. The zero-order valence-electron chi connectivity index (χ0n) is 16.5. The molecule has 0 aliphatic carbocycles. The van der Waals surface area contributed by atoms with Crippen LogP contribution in [-0.4, -0.2) is 20.0 Å². The standard InChI is InChI=1S/C23H30O3S/c1-4-6-16-23(5-2,18-24)19(3)27(25,26)22-15-11-10-14-21(22)17-20-12-8-7-9-13-20/h7-15,18-19H,4-6,16-17H2,1-3H3. The summed E-state index contributed by atoms with van der Waals surface area (Å²) in [5, 5.41) is -0.754. The molecular formula is C23H30O3S. The summed E-state index contributed by atoms with van der Waals surface area (Å²) in [7, 11) is -3.63. The highest BCUT2D eigenvalue weighted by molar-refractivity contribution is 7.92. The van der Waals surface area contributed by atoms with Crippen molar-refractivity contribution >= 4 is 16.1 Å². The van der Waals surface area contributed by atoms with Crippen molar-refractivity contribution in [1.82, 2.24) is 0 Å². The first kappa shape index (κ1) is 21.4. The van der Waals surface area contributed by atoms with E-state index >= 15 is 0 Å². The van der Waals surface area contributed by atoms with Crippen molar-refractivity contribution < 1.29 is 13.2 Å². The maximum Gasteiger partial charge on any atom is 0.182 e. The van der Waals surface area contributed by atoms with E-state index in [-0.39, 0.29) is 0 Å². The number of hydrogen-bond acceptors (Lipinski definition) is 3. The second kappa shape index (κ2) is 9.32. The van der Waals surface area contributed by atoms with Gasteiger partial charge in [-0.2, -0.15) is 0 Å². The van der Waals surface area contributed by atoms with Crippen molar-refractivity contribution in [3.8, 4) is 0 Å². The van der Waals surface area contributed by atoms with Gasteiger partial charge in [0.25, 0.3) is 0 Å². The minimum Gasteiger partial charge on any atom is -0.303 e. The van der Waals surface area contributed by atoms with E-state index < -0.39 is 20.5 Å². The Balaban J connectivity index is 2.45. The normalized spacial score (nSPS) is 15.1. The Bertz CT molecular complexity index is 843. The number of rotatable bonds is 10. The molecule has 0 aliphatic rings. The van der Waals surface area contributed by atoms with Crippen LogP contribution in [0.4, 0.5) is 0 Å². The molecule has 27 heavy (non-hydrogen) atoms. The van der Waals surface area contributed by atoms with Crippen molar-refractivity contribution in [2.75, 3.05) is 0 Å². The molecule has 0 heterocycles. The summed E-state index contributed by atoms with van der Waals surface area (Å²) in [4.78, 5) is 12.3. The van der Waals surface area contributed by atoms with E-state index in [0.29, 0.717) is 24.2 Å². The molecule has 2 aromatic rings. The molecule has 0 aliphatic heterocycles. The zero-order chi connectivity index (χ0) is 19.9. The summed E-state index contributed by atoms with van der Waals surface area (Å²) in [6.45, 7) is 5.66. The second-order valence-corrected chi connectivity index (χ2v) is 9.50. The Morgan fingerprint density at radius 2 is 1.63 bits per heavy atom. The Labute approximate surface area is 163 Å². The average molecular weight is 387 g/mol. The molecule has 4 heteroatoms. The first-order valence-corrected chi connectivity index (χ1v) is 11.3. The predicted octanol–water partition coefficient (Wildman–Crippen LogP) is 5.23. The molecule has 146 valence electrons. The molecule has 0 aromatic heterocycles. The van der Waals surface area contributed by atoms with Gasteiger partial charge in [-0.3, -0.25) is 0 Å². The minimum absolute atomic E-state index is 0.345. The summed E-state index contributed by atoms with van der Waals surface area (Å²) >= 11 is 0. The summed E-state index contributed by atoms with van der Waals surface area (Å²) < 4.78 is 27.0. The predicted molar refractivity (Wildman–Crippen MR) is 111 cm³/mol. The lowest BCUT2D eigenvalue weighted by molar-refractivity contribution is -0.116. The molecule has 2 atom stereocenters. The van der Waals surface area contributed by atoms with Gasteiger partial charge in [0.2, 0.25) is 0 Å². The highest BCUT2D eigenvalue weighted by atomic mass is 32.2. The van der Waals surface area contributed by atoms with E-state index in [4.69, 9.17) is 0 Å². The third-order valence-corrected chi connectivity index (χ3v) is 8.09.